The molecule has 28 heavy (non-hydrogen) atoms. The summed E-state index contributed by atoms with van der Waals surface area (Å²) in [6.45, 7) is 2.04. The summed E-state index contributed by atoms with van der Waals surface area (Å²) >= 11 is 7.93. The van der Waals surface area contributed by atoms with Gasteiger partial charge >= 0.3 is 0 Å². The van der Waals surface area contributed by atoms with Crippen LogP contribution in [0.1, 0.15) is 23.6 Å². The van der Waals surface area contributed by atoms with E-state index in [1.54, 1.807) is 24.2 Å². The zero-order valence-electron chi connectivity index (χ0n) is 15.4. The summed E-state index contributed by atoms with van der Waals surface area (Å²) in [7, 11) is 1.81. The quantitative estimate of drug-likeness (QED) is 0.611. The molecule has 0 bridgehead atoms. The minimum Gasteiger partial charge on any atom is -0.497 e. The Balaban J connectivity index is 1.71. The van der Waals surface area contributed by atoms with Crippen LogP contribution in [0, 0.1) is 0 Å². The number of nitrogens with zero attached hydrogens (tertiary/aromatic N) is 3. The van der Waals surface area contributed by atoms with E-state index in [-0.39, 0.29) is 16.6 Å². The average molecular weight is 415 g/mol. The van der Waals surface area contributed by atoms with Crippen molar-refractivity contribution in [2.24, 2.45) is 0 Å². The maximum atomic E-state index is 6.23. The molecule has 0 saturated carbocycles. The molecule has 3 unspecified atom stereocenters. The Kier molecular flexibility index (Phi) is 5.54. The first-order chi connectivity index (χ1) is 13.7. The Morgan fingerprint density at radius 1 is 1.25 bits per heavy atom. The van der Waals surface area contributed by atoms with Crippen molar-refractivity contribution in [3.63, 3.8) is 0 Å². The zero-order valence-corrected chi connectivity index (χ0v) is 16.9. The average Bonchev–Trinajstić information content (AvgIpc) is 3.35. The highest BCUT2D eigenvalue weighted by molar-refractivity contribution is 8.00. The van der Waals surface area contributed by atoms with E-state index in [0.29, 0.717) is 22.6 Å². The van der Waals surface area contributed by atoms with Gasteiger partial charge in [0.1, 0.15) is 17.2 Å². The van der Waals surface area contributed by atoms with E-state index >= 15 is 0 Å². The summed E-state index contributed by atoms with van der Waals surface area (Å²) in [4.78, 5) is 8.99. The van der Waals surface area contributed by atoms with Crippen molar-refractivity contribution in [2.45, 2.75) is 23.5 Å². The highest BCUT2D eigenvalue weighted by Gasteiger charge is 2.30. The summed E-state index contributed by atoms with van der Waals surface area (Å²) in [5.41, 5.74) is 1.78. The van der Waals surface area contributed by atoms with Crippen LogP contribution < -0.4 is 5.32 Å². The van der Waals surface area contributed by atoms with Gasteiger partial charge in [-0.25, -0.2) is 4.98 Å². The molecular formula is C20H19ClN4O2S. The van der Waals surface area contributed by atoms with Crippen molar-refractivity contribution in [3.05, 3.63) is 71.4 Å². The number of rotatable bonds is 6. The van der Waals surface area contributed by atoms with Gasteiger partial charge in [-0.05, 0) is 42.8 Å². The third kappa shape index (κ3) is 3.86. The van der Waals surface area contributed by atoms with Crippen LogP contribution in [0.3, 0.4) is 0 Å². The summed E-state index contributed by atoms with van der Waals surface area (Å²) in [5, 5.41) is 7.92. The first kappa shape index (κ1) is 18.8. The Morgan fingerprint density at radius 3 is 2.89 bits per heavy atom. The van der Waals surface area contributed by atoms with Crippen molar-refractivity contribution in [2.75, 3.05) is 12.4 Å². The molecule has 0 radical (unpaired) electrons. The van der Waals surface area contributed by atoms with Gasteiger partial charge in [0.15, 0.2) is 0 Å². The molecule has 3 aromatic rings. The van der Waals surface area contributed by atoms with E-state index in [4.69, 9.17) is 20.9 Å². The van der Waals surface area contributed by atoms with Gasteiger partial charge in [0.2, 0.25) is 11.7 Å². The fourth-order valence-corrected chi connectivity index (χ4v) is 4.45. The van der Waals surface area contributed by atoms with Crippen LogP contribution in [0.15, 0.2) is 59.5 Å². The molecule has 6 nitrogen and oxygen atoms in total. The molecule has 144 valence electrons. The Bertz CT molecular complexity index is 994. The number of thioether (sulfide) groups is 1. The summed E-state index contributed by atoms with van der Waals surface area (Å²) in [5.74, 6) is 1.70. The first-order valence-corrected chi connectivity index (χ1v) is 10.2. The molecule has 1 N–H and O–H groups in total. The van der Waals surface area contributed by atoms with Crippen molar-refractivity contribution in [1.29, 1.82) is 0 Å². The summed E-state index contributed by atoms with van der Waals surface area (Å²) < 4.78 is 11.2. The SMILES string of the molecule is CNc1ncccc1-c1noc(C(SC2C=COC2C)c2cccc(Cl)c2)n1. The normalized spacial score (nSPS) is 19.4. The van der Waals surface area contributed by atoms with Gasteiger partial charge in [-0.15, -0.1) is 11.8 Å². The first-order valence-electron chi connectivity index (χ1n) is 8.85. The molecule has 1 aromatic carbocycles. The number of hydrogen-bond acceptors (Lipinski definition) is 7. The number of benzene rings is 1. The molecule has 2 aromatic heterocycles. The standard InChI is InChI=1S/C20H19ClN4O2S/c1-12-16(8-10-26-12)28-17(13-5-3-6-14(21)11-13)20-24-19(25-27-20)15-7-4-9-23-18(15)22-2/h3-12,16-17H,1-2H3,(H,22,23). The minimum absolute atomic E-state index is 0.0725. The van der Waals surface area contributed by atoms with E-state index in [1.807, 2.05) is 56.4 Å². The Morgan fingerprint density at radius 2 is 2.14 bits per heavy atom. The van der Waals surface area contributed by atoms with Gasteiger partial charge in [0.25, 0.3) is 0 Å². The van der Waals surface area contributed by atoms with Crippen LogP contribution in [-0.2, 0) is 4.74 Å². The molecule has 8 heteroatoms. The number of pyridine rings is 1. The maximum absolute atomic E-state index is 6.23. The fraction of sp³-hybridized carbons (Fsp3) is 0.250. The van der Waals surface area contributed by atoms with Gasteiger partial charge in [0.05, 0.1) is 17.1 Å². The van der Waals surface area contributed by atoms with Crippen molar-refractivity contribution >= 4 is 29.2 Å². The molecule has 1 aliphatic heterocycles. The Labute approximate surface area is 172 Å². The molecule has 0 spiro atoms. The highest BCUT2D eigenvalue weighted by Crippen LogP contribution is 2.42. The smallest absolute Gasteiger partial charge is 0.244 e. The van der Waals surface area contributed by atoms with Crippen LogP contribution in [-0.4, -0.2) is 33.5 Å². The molecular weight excluding hydrogens is 396 g/mol. The minimum atomic E-state index is -0.173. The second kappa shape index (κ2) is 8.24. The van der Waals surface area contributed by atoms with Crippen LogP contribution in [0.4, 0.5) is 5.82 Å². The van der Waals surface area contributed by atoms with Crippen molar-refractivity contribution in [1.82, 2.24) is 15.1 Å². The number of ether oxygens (including phenoxy) is 1. The zero-order chi connectivity index (χ0) is 19.5. The number of anilines is 1. The Hall–Kier alpha value is -2.51. The van der Waals surface area contributed by atoms with Crippen molar-refractivity contribution < 1.29 is 9.26 Å². The van der Waals surface area contributed by atoms with Crippen LogP contribution in [0.5, 0.6) is 0 Å². The molecule has 1 aliphatic rings. The van der Waals surface area contributed by atoms with E-state index in [1.165, 1.54) is 0 Å². The lowest BCUT2D eigenvalue weighted by atomic mass is 10.1. The van der Waals surface area contributed by atoms with E-state index < -0.39 is 0 Å². The van der Waals surface area contributed by atoms with E-state index in [2.05, 4.69) is 20.4 Å². The van der Waals surface area contributed by atoms with Gasteiger partial charge in [0, 0.05) is 18.3 Å². The predicted octanol–water partition coefficient (Wildman–Crippen LogP) is 4.95. The highest BCUT2D eigenvalue weighted by atomic mass is 35.5. The number of aromatic nitrogens is 3. The maximum Gasteiger partial charge on any atom is 0.244 e. The summed E-state index contributed by atoms with van der Waals surface area (Å²) in [6.07, 6.45) is 5.58. The molecule has 0 aliphatic carbocycles. The molecule has 3 atom stereocenters. The van der Waals surface area contributed by atoms with Gasteiger partial charge < -0.3 is 14.6 Å². The van der Waals surface area contributed by atoms with Gasteiger partial charge in [-0.3, -0.25) is 0 Å². The molecule has 4 rings (SSSR count). The topological polar surface area (TPSA) is 73.1 Å². The van der Waals surface area contributed by atoms with Gasteiger partial charge in [-0.1, -0.05) is 28.9 Å². The number of hydrogen-bond donors (Lipinski definition) is 1. The number of nitrogens with one attached hydrogen (secondary N) is 1. The van der Waals surface area contributed by atoms with Gasteiger partial charge in [-0.2, -0.15) is 4.98 Å². The monoisotopic (exact) mass is 414 g/mol. The van der Waals surface area contributed by atoms with Crippen LogP contribution in [0.2, 0.25) is 5.02 Å². The lowest BCUT2D eigenvalue weighted by molar-refractivity contribution is 0.192. The second-order valence-corrected chi connectivity index (χ2v) is 8.04. The van der Waals surface area contributed by atoms with Crippen LogP contribution in [0.25, 0.3) is 11.4 Å². The van der Waals surface area contributed by atoms with E-state index in [0.717, 1.165) is 11.1 Å². The lowest BCUT2D eigenvalue weighted by Gasteiger charge is -2.19. The van der Waals surface area contributed by atoms with Crippen molar-refractivity contribution in [3.8, 4) is 11.4 Å². The second-order valence-electron chi connectivity index (χ2n) is 6.31. The predicted molar refractivity (Wildman–Crippen MR) is 111 cm³/mol. The third-order valence-corrected chi connectivity index (χ3v) is 6.26. The fourth-order valence-electron chi connectivity index (χ4n) is 2.98. The molecule has 0 fully saturated rings. The number of halogens is 1. The van der Waals surface area contributed by atoms with E-state index in [9.17, 15) is 0 Å². The molecule has 0 saturated heterocycles. The largest absolute Gasteiger partial charge is 0.497 e. The molecule has 0 amide bonds. The third-order valence-electron chi connectivity index (χ3n) is 4.42. The lowest BCUT2D eigenvalue weighted by Crippen LogP contribution is -2.16. The molecule has 3 heterocycles. The van der Waals surface area contributed by atoms with Crippen LogP contribution >= 0.6 is 23.4 Å². The summed E-state index contributed by atoms with van der Waals surface area (Å²) in [6, 6.07) is 11.5.